The fourth-order valence-corrected chi connectivity index (χ4v) is 2.62. The number of hydrogen-bond donors (Lipinski definition) is 1. The number of urea groups is 1. The molecule has 0 bridgehead atoms. The number of morpholine rings is 1. The van der Waals surface area contributed by atoms with E-state index in [2.05, 4.69) is 20.4 Å². The first kappa shape index (κ1) is 17.2. The van der Waals surface area contributed by atoms with Crippen molar-refractivity contribution in [2.45, 2.75) is 12.6 Å². The lowest BCUT2D eigenvalue weighted by Gasteiger charge is -2.32. The van der Waals surface area contributed by atoms with Gasteiger partial charge in [0.15, 0.2) is 0 Å². The second-order valence-corrected chi connectivity index (χ2v) is 6.09. The van der Waals surface area contributed by atoms with Crippen molar-refractivity contribution in [2.24, 2.45) is 7.05 Å². The monoisotopic (exact) mass is 345 g/mol. The van der Waals surface area contributed by atoms with E-state index in [1.807, 2.05) is 38.2 Å². The van der Waals surface area contributed by atoms with Crippen LogP contribution in [0.15, 0.2) is 24.5 Å². The maximum Gasteiger partial charge on any atom is 0.317 e. The van der Waals surface area contributed by atoms with Gasteiger partial charge in [-0.25, -0.2) is 14.8 Å². The van der Waals surface area contributed by atoms with E-state index in [4.69, 9.17) is 4.74 Å². The van der Waals surface area contributed by atoms with E-state index in [1.54, 1.807) is 22.0 Å². The van der Waals surface area contributed by atoms with E-state index in [0.29, 0.717) is 32.2 Å². The molecule has 0 aliphatic carbocycles. The van der Waals surface area contributed by atoms with E-state index in [9.17, 15) is 4.79 Å². The first-order valence-electron chi connectivity index (χ1n) is 8.16. The Bertz CT molecular complexity index is 731. The molecule has 1 aliphatic rings. The Morgan fingerprint density at radius 1 is 1.40 bits per heavy atom. The molecule has 25 heavy (non-hydrogen) atoms. The Morgan fingerprint density at radius 3 is 2.96 bits per heavy atom. The molecule has 134 valence electrons. The summed E-state index contributed by atoms with van der Waals surface area (Å²) in [5.41, 5.74) is 1.73. The third-order valence-electron chi connectivity index (χ3n) is 4.09. The van der Waals surface area contributed by atoms with Gasteiger partial charge >= 0.3 is 6.03 Å². The summed E-state index contributed by atoms with van der Waals surface area (Å²) in [5, 5.41) is 7.02. The highest BCUT2D eigenvalue weighted by Gasteiger charge is 2.26. The Kier molecular flexibility index (Phi) is 5.13. The second-order valence-electron chi connectivity index (χ2n) is 6.09. The molecule has 0 spiro atoms. The smallest absolute Gasteiger partial charge is 0.317 e. The quantitative estimate of drug-likeness (QED) is 0.871. The number of carbonyl (C=O) groups excluding carboxylic acids is 1. The SMILES string of the molecule is CN(C)c1nccc([C@@H]2CN(C(=O)NCc3ccnn3C)CCO2)n1. The average molecular weight is 345 g/mol. The molecule has 3 heterocycles. The summed E-state index contributed by atoms with van der Waals surface area (Å²) < 4.78 is 7.55. The molecule has 0 aromatic carbocycles. The van der Waals surface area contributed by atoms with Gasteiger partial charge in [0.1, 0.15) is 6.10 Å². The van der Waals surface area contributed by atoms with Crippen LogP contribution in [0.25, 0.3) is 0 Å². The fraction of sp³-hybridized carbons (Fsp3) is 0.500. The Labute approximate surface area is 146 Å². The highest BCUT2D eigenvalue weighted by Crippen LogP contribution is 2.21. The van der Waals surface area contributed by atoms with Crippen LogP contribution in [0.2, 0.25) is 0 Å². The topological polar surface area (TPSA) is 88.4 Å². The molecule has 9 nitrogen and oxygen atoms in total. The third kappa shape index (κ3) is 4.05. The number of nitrogens with zero attached hydrogens (tertiary/aromatic N) is 6. The molecule has 0 saturated carbocycles. The van der Waals surface area contributed by atoms with Crippen molar-refractivity contribution in [2.75, 3.05) is 38.7 Å². The number of hydrogen-bond acceptors (Lipinski definition) is 6. The minimum absolute atomic E-state index is 0.114. The van der Waals surface area contributed by atoms with Crippen LogP contribution in [-0.4, -0.2) is 64.5 Å². The number of aryl methyl sites for hydroxylation is 1. The number of ether oxygens (including phenoxy) is 1. The lowest BCUT2D eigenvalue weighted by molar-refractivity contribution is -0.0176. The van der Waals surface area contributed by atoms with Crippen LogP contribution in [0, 0.1) is 0 Å². The zero-order valence-electron chi connectivity index (χ0n) is 14.7. The molecule has 3 rings (SSSR count). The van der Waals surface area contributed by atoms with Crippen molar-refractivity contribution < 1.29 is 9.53 Å². The number of carbonyl (C=O) groups is 1. The number of amides is 2. The van der Waals surface area contributed by atoms with Gasteiger partial charge in [0.2, 0.25) is 5.95 Å². The molecular formula is C16H23N7O2. The summed E-state index contributed by atoms with van der Waals surface area (Å²) in [6.07, 6.45) is 3.17. The van der Waals surface area contributed by atoms with Crippen LogP contribution in [0.5, 0.6) is 0 Å². The van der Waals surface area contributed by atoms with Crippen LogP contribution in [0.3, 0.4) is 0 Å². The van der Waals surface area contributed by atoms with Crippen LogP contribution < -0.4 is 10.2 Å². The van der Waals surface area contributed by atoms with Gasteiger partial charge in [-0.3, -0.25) is 4.68 Å². The van der Waals surface area contributed by atoms with Crippen molar-refractivity contribution in [1.82, 2.24) is 30.0 Å². The molecule has 1 aliphatic heterocycles. The highest BCUT2D eigenvalue weighted by molar-refractivity contribution is 5.74. The van der Waals surface area contributed by atoms with Crippen LogP contribution >= 0.6 is 0 Å². The predicted octanol–water partition coefficient (Wildman–Crippen LogP) is 0.559. The summed E-state index contributed by atoms with van der Waals surface area (Å²) in [5.74, 6) is 0.624. The molecule has 9 heteroatoms. The molecule has 1 N–H and O–H groups in total. The second kappa shape index (κ2) is 7.47. The van der Waals surface area contributed by atoms with E-state index in [0.717, 1.165) is 11.4 Å². The summed E-state index contributed by atoms with van der Waals surface area (Å²) in [7, 11) is 5.63. The van der Waals surface area contributed by atoms with Gasteiger partial charge in [0.05, 0.1) is 31.1 Å². The lowest BCUT2D eigenvalue weighted by atomic mass is 10.2. The van der Waals surface area contributed by atoms with Gasteiger partial charge in [-0.1, -0.05) is 0 Å². The molecule has 2 aromatic heterocycles. The van der Waals surface area contributed by atoms with Crippen LogP contribution in [0.4, 0.5) is 10.7 Å². The third-order valence-corrected chi connectivity index (χ3v) is 4.09. The first-order valence-corrected chi connectivity index (χ1v) is 8.16. The molecule has 0 radical (unpaired) electrons. The van der Waals surface area contributed by atoms with E-state index >= 15 is 0 Å². The number of rotatable bonds is 4. The molecular weight excluding hydrogens is 322 g/mol. The molecule has 2 aromatic rings. The van der Waals surface area contributed by atoms with Crippen molar-refractivity contribution >= 4 is 12.0 Å². The highest BCUT2D eigenvalue weighted by atomic mass is 16.5. The number of anilines is 1. The minimum Gasteiger partial charge on any atom is -0.368 e. The normalized spacial score (nSPS) is 17.4. The molecule has 1 saturated heterocycles. The van der Waals surface area contributed by atoms with Crippen LogP contribution in [-0.2, 0) is 18.3 Å². The van der Waals surface area contributed by atoms with E-state index < -0.39 is 0 Å². The van der Waals surface area contributed by atoms with Crippen molar-refractivity contribution in [3.63, 3.8) is 0 Å². The van der Waals surface area contributed by atoms with Crippen molar-refractivity contribution in [3.05, 3.63) is 35.9 Å². The summed E-state index contributed by atoms with van der Waals surface area (Å²) in [6, 6.07) is 3.59. The van der Waals surface area contributed by atoms with Gasteiger partial charge in [-0.2, -0.15) is 5.10 Å². The lowest BCUT2D eigenvalue weighted by Crippen LogP contribution is -2.47. The number of nitrogens with one attached hydrogen (secondary N) is 1. The predicted molar refractivity (Wildman–Crippen MR) is 92.1 cm³/mol. The maximum atomic E-state index is 12.4. The molecule has 1 fully saturated rings. The van der Waals surface area contributed by atoms with Crippen molar-refractivity contribution in [3.8, 4) is 0 Å². The van der Waals surface area contributed by atoms with E-state index in [1.165, 1.54) is 0 Å². The molecule has 0 unspecified atom stereocenters. The standard InChI is InChI=1S/C16H23N7O2/c1-21(2)15-17-6-5-13(20-15)14-11-23(8-9-25-14)16(24)18-10-12-4-7-19-22(12)3/h4-7,14H,8-11H2,1-3H3,(H,18,24)/t14-/m0/s1. The van der Waals surface area contributed by atoms with Gasteiger partial charge in [-0.05, 0) is 12.1 Å². The van der Waals surface area contributed by atoms with Gasteiger partial charge in [0, 0.05) is 40.1 Å². The summed E-state index contributed by atoms with van der Waals surface area (Å²) >= 11 is 0. The van der Waals surface area contributed by atoms with Gasteiger partial charge in [0.25, 0.3) is 0 Å². The largest absolute Gasteiger partial charge is 0.368 e. The molecule has 1 atom stereocenters. The Balaban J connectivity index is 1.61. The Morgan fingerprint density at radius 2 is 2.24 bits per heavy atom. The molecule has 2 amide bonds. The average Bonchev–Trinajstić information content (AvgIpc) is 3.05. The summed E-state index contributed by atoms with van der Waals surface area (Å²) in [6.45, 7) is 1.93. The number of aromatic nitrogens is 4. The first-order chi connectivity index (χ1) is 12.0. The van der Waals surface area contributed by atoms with Crippen molar-refractivity contribution in [1.29, 1.82) is 0 Å². The minimum atomic E-state index is -0.252. The van der Waals surface area contributed by atoms with Gasteiger partial charge in [-0.15, -0.1) is 0 Å². The maximum absolute atomic E-state index is 12.4. The Hall–Kier alpha value is -2.68. The van der Waals surface area contributed by atoms with Gasteiger partial charge < -0.3 is 19.9 Å². The van der Waals surface area contributed by atoms with E-state index in [-0.39, 0.29) is 12.1 Å². The van der Waals surface area contributed by atoms with Crippen LogP contribution in [0.1, 0.15) is 17.5 Å². The fourth-order valence-electron chi connectivity index (χ4n) is 2.62. The zero-order chi connectivity index (χ0) is 17.8. The summed E-state index contributed by atoms with van der Waals surface area (Å²) in [4.78, 5) is 24.8. The zero-order valence-corrected chi connectivity index (χ0v) is 14.7.